The van der Waals surface area contributed by atoms with Crippen molar-refractivity contribution in [2.75, 3.05) is 0 Å². The van der Waals surface area contributed by atoms with Gasteiger partial charge in [0.2, 0.25) is 0 Å². The third-order valence-electron chi connectivity index (χ3n) is 4.18. The molecule has 20 heavy (non-hydrogen) atoms. The Kier molecular flexibility index (Phi) is 4.48. The first-order valence-electron chi connectivity index (χ1n) is 7.51. The van der Waals surface area contributed by atoms with Crippen molar-refractivity contribution in [1.29, 1.82) is 0 Å². The Morgan fingerprint density at radius 3 is 2.75 bits per heavy atom. The highest BCUT2D eigenvalue weighted by Gasteiger charge is 2.23. The first-order chi connectivity index (χ1) is 9.83. The van der Waals surface area contributed by atoms with Gasteiger partial charge in [0.05, 0.1) is 16.8 Å². The lowest BCUT2D eigenvalue weighted by atomic mass is 9.94. The van der Waals surface area contributed by atoms with E-state index in [9.17, 15) is 5.11 Å². The number of aliphatic hydroxyl groups excluding tert-OH is 1. The molecular weight excluding hydrogens is 266 g/mol. The molecule has 1 N–H and O–H groups in total. The molecule has 1 aromatic heterocycles. The summed E-state index contributed by atoms with van der Waals surface area (Å²) in [6, 6.07) is 10.3. The smallest absolute Gasteiger partial charge is 0.0936 e. The molecule has 1 saturated carbocycles. The molecule has 0 radical (unpaired) electrons. The zero-order chi connectivity index (χ0) is 13.8. The van der Waals surface area contributed by atoms with E-state index in [4.69, 9.17) is 4.98 Å². The molecule has 0 spiro atoms. The van der Waals surface area contributed by atoms with Crippen LogP contribution in [0.15, 0.2) is 35.7 Å². The summed E-state index contributed by atoms with van der Waals surface area (Å²) in [5.74, 6) is 0.396. The summed E-state index contributed by atoms with van der Waals surface area (Å²) in [6.07, 6.45) is 6.58. The number of aliphatic hydroxyl groups is 1. The molecule has 2 nitrogen and oxygen atoms in total. The Morgan fingerprint density at radius 2 is 1.90 bits per heavy atom. The van der Waals surface area contributed by atoms with Gasteiger partial charge in [-0.25, -0.2) is 4.98 Å². The predicted molar refractivity (Wildman–Crippen MR) is 83.8 cm³/mol. The molecule has 0 amide bonds. The van der Waals surface area contributed by atoms with E-state index in [0.29, 0.717) is 5.92 Å². The summed E-state index contributed by atoms with van der Waals surface area (Å²) in [4.78, 5) is 4.75. The molecule has 1 heterocycles. The zero-order valence-corrected chi connectivity index (χ0v) is 12.5. The molecular formula is C17H21NOS. The molecule has 0 bridgehead atoms. The lowest BCUT2D eigenvalue weighted by molar-refractivity contribution is 0.101. The van der Waals surface area contributed by atoms with Gasteiger partial charge in [0.25, 0.3) is 0 Å². The quantitative estimate of drug-likeness (QED) is 0.854. The van der Waals surface area contributed by atoms with Crippen LogP contribution in [0, 0.1) is 5.92 Å². The van der Waals surface area contributed by atoms with Crippen LogP contribution in [0.25, 0.3) is 11.3 Å². The number of hydrogen-bond donors (Lipinski definition) is 1. The highest BCUT2D eigenvalue weighted by Crippen LogP contribution is 2.29. The minimum Gasteiger partial charge on any atom is -0.393 e. The molecule has 1 aromatic carbocycles. The van der Waals surface area contributed by atoms with Crippen molar-refractivity contribution in [3.8, 4) is 11.3 Å². The van der Waals surface area contributed by atoms with E-state index >= 15 is 0 Å². The van der Waals surface area contributed by atoms with Gasteiger partial charge >= 0.3 is 0 Å². The van der Waals surface area contributed by atoms with Gasteiger partial charge < -0.3 is 5.11 Å². The van der Waals surface area contributed by atoms with Gasteiger partial charge in [-0.1, -0.05) is 49.6 Å². The van der Waals surface area contributed by atoms with Gasteiger partial charge in [0, 0.05) is 17.4 Å². The summed E-state index contributed by atoms with van der Waals surface area (Å²) < 4.78 is 0. The largest absolute Gasteiger partial charge is 0.393 e. The Bertz CT molecular complexity index is 537. The Hall–Kier alpha value is -1.19. The molecule has 0 saturated heterocycles. The number of thiazole rings is 1. The van der Waals surface area contributed by atoms with Crippen molar-refractivity contribution < 1.29 is 5.11 Å². The zero-order valence-electron chi connectivity index (χ0n) is 11.7. The molecule has 1 aliphatic rings. The van der Waals surface area contributed by atoms with Gasteiger partial charge in [-0.3, -0.25) is 0 Å². The van der Waals surface area contributed by atoms with E-state index in [0.717, 1.165) is 30.0 Å². The summed E-state index contributed by atoms with van der Waals surface area (Å²) in [6.45, 7) is 0. The topological polar surface area (TPSA) is 33.1 Å². The van der Waals surface area contributed by atoms with Gasteiger partial charge in [-0.15, -0.1) is 11.3 Å². The summed E-state index contributed by atoms with van der Waals surface area (Å²) >= 11 is 1.72. The lowest BCUT2D eigenvalue weighted by Gasteiger charge is -2.18. The number of aromatic nitrogens is 1. The highest BCUT2D eigenvalue weighted by molar-refractivity contribution is 7.09. The van der Waals surface area contributed by atoms with E-state index in [-0.39, 0.29) is 6.10 Å². The molecule has 2 unspecified atom stereocenters. The summed E-state index contributed by atoms with van der Waals surface area (Å²) in [7, 11) is 0. The first-order valence-corrected chi connectivity index (χ1v) is 8.39. The fraction of sp³-hybridized carbons (Fsp3) is 0.471. The average molecular weight is 287 g/mol. The van der Waals surface area contributed by atoms with Gasteiger partial charge in [0.1, 0.15) is 0 Å². The van der Waals surface area contributed by atoms with E-state index in [1.54, 1.807) is 11.3 Å². The van der Waals surface area contributed by atoms with Gasteiger partial charge in [-0.2, -0.15) is 0 Å². The fourth-order valence-electron chi connectivity index (χ4n) is 2.97. The second-order valence-electron chi connectivity index (χ2n) is 5.66. The first kappa shape index (κ1) is 13.8. The van der Waals surface area contributed by atoms with Crippen molar-refractivity contribution in [2.24, 2.45) is 5.92 Å². The normalized spacial score (nSPS) is 23.4. The van der Waals surface area contributed by atoms with Crippen LogP contribution in [0.2, 0.25) is 0 Å². The average Bonchev–Trinajstić information content (AvgIpc) is 2.86. The van der Waals surface area contributed by atoms with Crippen LogP contribution in [-0.4, -0.2) is 16.2 Å². The van der Waals surface area contributed by atoms with Gasteiger partial charge in [0.15, 0.2) is 0 Å². The van der Waals surface area contributed by atoms with Crippen LogP contribution in [-0.2, 0) is 6.42 Å². The highest BCUT2D eigenvalue weighted by atomic mass is 32.1. The van der Waals surface area contributed by atoms with Crippen molar-refractivity contribution in [1.82, 2.24) is 4.98 Å². The second kappa shape index (κ2) is 6.51. The standard InChI is InChI=1S/C17H21NOS/c19-16-10-6-2-5-9-14(16)11-17-18-15(12-20-17)13-7-3-1-4-8-13/h1,3-4,7-8,12,14,16,19H,2,5-6,9-11H2. The molecule has 0 aliphatic heterocycles. The van der Waals surface area contributed by atoms with Crippen molar-refractivity contribution in [3.05, 3.63) is 40.7 Å². The molecule has 2 atom stereocenters. The second-order valence-corrected chi connectivity index (χ2v) is 6.60. The van der Waals surface area contributed by atoms with Crippen LogP contribution in [0.5, 0.6) is 0 Å². The third-order valence-corrected chi connectivity index (χ3v) is 5.05. The number of hydrogen-bond acceptors (Lipinski definition) is 3. The van der Waals surface area contributed by atoms with Crippen LogP contribution in [0.1, 0.15) is 37.1 Å². The van der Waals surface area contributed by atoms with Gasteiger partial charge in [-0.05, 0) is 18.8 Å². The monoisotopic (exact) mass is 287 g/mol. The third kappa shape index (κ3) is 3.28. The van der Waals surface area contributed by atoms with Crippen molar-refractivity contribution in [2.45, 2.75) is 44.6 Å². The van der Waals surface area contributed by atoms with E-state index in [1.807, 2.05) is 18.2 Å². The lowest BCUT2D eigenvalue weighted by Crippen LogP contribution is -2.20. The maximum Gasteiger partial charge on any atom is 0.0936 e. The van der Waals surface area contributed by atoms with E-state index in [1.165, 1.54) is 24.8 Å². The maximum atomic E-state index is 10.2. The molecule has 3 rings (SSSR count). The summed E-state index contributed by atoms with van der Waals surface area (Å²) in [5, 5.41) is 13.5. The minimum absolute atomic E-state index is 0.137. The van der Waals surface area contributed by atoms with Crippen LogP contribution in [0.4, 0.5) is 0 Å². The summed E-state index contributed by atoms with van der Waals surface area (Å²) in [5.41, 5.74) is 2.24. The van der Waals surface area contributed by atoms with Crippen LogP contribution < -0.4 is 0 Å². The SMILES string of the molecule is OC1CCCCCC1Cc1nc(-c2ccccc2)cs1. The van der Waals surface area contributed by atoms with E-state index in [2.05, 4.69) is 17.5 Å². The van der Waals surface area contributed by atoms with Crippen LogP contribution in [0.3, 0.4) is 0 Å². The fourth-order valence-corrected chi connectivity index (χ4v) is 3.87. The Morgan fingerprint density at radius 1 is 1.10 bits per heavy atom. The Balaban J connectivity index is 1.71. The number of nitrogens with zero attached hydrogens (tertiary/aromatic N) is 1. The molecule has 2 aromatic rings. The maximum absolute atomic E-state index is 10.2. The van der Waals surface area contributed by atoms with Crippen molar-refractivity contribution in [3.63, 3.8) is 0 Å². The Labute approximate surface area is 124 Å². The minimum atomic E-state index is -0.137. The predicted octanol–water partition coefficient (Wildman–Crippen LogP) is 4.29. The molecule has 1 fully saturated rings. The number of benzene rings is 1. The van der Waals surface area contributed by atoms with Crippen molar-refractivity contribution >= 4 is 11.3 Å². The van der Waals surface area contributed by atoms with Crippen LogP contribution >= 0.6 is 11.3 Å². The molecule has 106 valence electrons. The molecule has 1 aliphatic carbocycles. The number of rotatable bonds is 3. The molecule has 3 heteroatoms. The van der Waals surface area contributed by atoms with E-state index < -0.39 is 0 Å².